The van der Waals surface area contributed by atoms with E-state index in [1.165, 1.54) is 0 Å². The van der Waals surface area contributed by atoms with Crippen molar-refractivity contribution in [2.45, 2.75) is 336 Å². The number of hydrogen-bond donors (Lipinski definition) is 4. The monoisotopic (exact) mass is 1210 g/mol. The molecule has 20 nitrogen and oxygen atoms in total. The SMILES string of the molecule is CCC1(C)CC(O)C(C)C(C)(CC)N1OC(C)C(=O)OCC(COC(=O)C(C)ON1C(C)(CC)CC(O)C(C)C1(C)CC)(COC(=O)C(C)ON1C(C)(CC)CC(O)C(C)C1(C)CC)COC(=O)C(C)ON1C(C)(CC)CC(O)C(C)C1(C)CC. The Balaban J connectivity index is 1.82. The number of ether oxygens (including phenoxy) is 4. The number of hydroxylamine groups is 8. The van der Waals surface area contributed by atoms with Gasteiger partial charge in [-0.15, -0.1) is 0 Å². The molecule has 20 atom stereocenters. The minimum Gasteiger partial charge on any atom is -0.463 e. The number of esters is 4. The quantitative estimate of drug-likeness (QED) is 0.0421. The fraction of sp³-hybridized carbons (Fsp3) is 0.938. The summed E-state index contributed by atoms with van der Waals surface area (Å²) in [5.74, 6) is -4.14. The topological polar surface area (TPSA) is 236 Å². The van der Waals surface area contributed by atoms with E-state index < -0.39 is 149 Å². The summed E-state index contributed by atoms with van der Waals surface area (Å²) in [6.07, 6.45) is -0.968. The molecule has 0 bridgehead atoms. The average Bonchev–Trinajstić information content (AvgIpc) is 2.09. The van der Waals surface area contributed by atoms with Crippen molar-refractivity contribution in [3.05, 3.63) is 0 Å². The highest BCUT2D eigenvalue weighted by atomic mass is 16.7. The largest absolute Gasteiger partial charge is 0.463 e. The predicted octanol–water partition coefficient (Wildman–Crippen LogP) is 9.59. The van der Waals surface area contributed by atoms with Gasteiger partial charge in [-0.25, -0.2) is 19.2 Å². The van der Waals surface area contributed by atoms with Crippen LogP contribution in [-0.2, 0) is 57.5 Å². The Bertz CT molecular complexity index is 1930. The van der Waals surface area contributed by atoms with E-state index in [2.05, 4.69) is 0 Å². The highest BCUT2D eigenvalue weighted by Gasteiger charge is 2.59. The summed E-state index contributed by atoms with van der Waals surface area (Å²) in [5, 5.41) is 52.5. The van der Waals surface area contributed by atoms with Crippen molar-refractivity contribution in [3.63, 3.8) is 0 Å². The van der Waals surface area contributed by atoms with Crippen molar-refractivity contribution in [1.82, 2.24) is 20.3 Å². The summed E-state index contributed by atoms with van der Waals surface area (Å²) >= 11 is 0. The summed E-state index contributed by atoms with van der Waals surface area (Å²) in [7, 11) is 0. The second kappa shape index (κ2) is 28.7. The number of aliphatic hydroxyl groups is 4. The van der Waals surface area contributed by atoms with E-state index in [1.54, 1.807) is 27.7 Å². The van der Waals surface area contributed by atoms with Crippen LogP contribution in [0.5, 0.6) is 0 Å². The lowest BCUT2D eigenvalue weighted by atomic mass is 9.69. The molecule has 0 aliphatic carbocycles. The summed E-state index contributed by atoms with van der Waals surface area (Å²) < 4.78 is 24.9. The van der Waals surface area contributed by atoms with Gasteiger partial charge in [0.25, 0.3) is 0 Å². The molecule has 0 radical (unpaired) electrons. The minimum absolute atomic E-state index is 0.222. The van der Waals surface area contributed by atoms with Crippen LogP contribution in [0.25, 0.3) is 0 Å². The van der Waals surface area contributed by atoms with Crippen LogP contribution in [0.3, 0.4) is 0 Å². The molecule has 0 aromatic carbocycles. The van der Waals surface area contributed by atoms with Crippen LogP contribution in [0.4, 0.5) is 0 Å². The Morgan fingerprint density at radius 1 is 0.365 bits per heavy atom. The maximum atomic E-state index is 14.6. The Labute approximate surface area is 512 Å². The van der Waals surface area contributed by atoms with Crippen molar-refractivity contribution in [2.24, 2.45) is 29.1 Å². The molecule has 0 saturated carbocycles. The molecular formula is C65H120N4O16. The van der Waals surface area contributed by atoms with Gasteiger partial charge in [0, 0.05) is 68.0 Å². The molecule has 4 rings (SSSR count). The Morgan fingerprint density at radius 2 is 0.529 bits per heavy atom. The zero-order chi connectivity index (χ0) is 65.0. The lowest BCUT2D eigenvalue weighted by Crippen LogP contribution is -2.68. The summed E-state index contributed by atoms with van der Waals surface area (Å²) in [5.41, 5.74) is -7.21. The summed E-state index contributed by atoms with van der Waals surface area (Å²) in [6.45, 7) is 43.8. The fourth-order valence-corrected chi connectivity index (χ4v) is 14.1. The first kappa shape index (κ1) is 74.9. The van der Waals surface area contributed by atoms with Gasteiger partial charge in [0.05, 0.1) is 24.4 Å². The third-order valence-electron chi connectivity index (χ3n) is 23.0. The normalized spacial score (nSPS) is 40.1. The smallest absolute Gasteiger partial charge is 0.337 e. The highest BCUT2D eigenvalue weighted by Crippen LogP contribution is 2.50. The molecule has 0 aromatic rings. The maximum absolute atomic E-state index is 14.6. The van der Waals surface area contributed by atoms with Crippen molar-refractivity contribution in [2.75, 3.05) is 26.4 Å². The van der Waals surface area contributed by atoms with E-state index in [1.807, 2.05) is 159 Å². The third-order valence-corrected chi connectivity index (χ3v) is 23.0. The van der Waals surface area contributed by atoms with E-state index in [-0.39, 0.29) is 23.7 Å². The fourth-order valence-electron chi connectivity index (χ4n) is 14.1. The number of nitrogens with zero attached hydrogens (tertiary/aromatic N) is 4. The third kappa shape index (κ3) is 14.9. The lowest BCUT2D eigenvalue weighted by Gasteiger charge is -2.58. The van der Waals surface area contributed by atoms with Gasteiger partial charge in [-0.05, 0) is 160 Å². The van der Waals surface area contributed by atoms with Crippen LogP contribution in [0.15, 0.2) is 0 Å². The van der Waals surface area contributed by atoms with Crippen molar-refractivity contribution in [3.8, 4) is 0 Å². The number of carbonyl (C=O) groups excluding carboxylic acids is 4. The van der Waals surface area contributed by atoms with E-state index in [4.69, 9.17) is 38.3 Å². The van der Waals surface area contributed by atoms with Crippen molar-refractivity contribution in [1.29, 1.82) is 0 Å². The molecule has 4 N–H and O–H groups in total. The molecule has 4 fully saturated rings. The summed E-state index contributed by atoms with van der Waals surface area (Å²) in [6, 6.07) is 0. The molecular weight excluding hydrogens is 1090 g/mol. The molecule has 0 aromatic heterocycles. The van der Waals surface area contributed by atoms with E-state index in [9.17, 15) is 39.6 Å². The van der Waals surface area contributed by atoms with Gasteiger partial charge in [-0.2, -0.15) is 20.3 Å². The second-order valence-corrected chi connectivity index (χ2v) is 28.6. The molecule has 4 aliphatic heterocycles. The Morgan fingerprint density at radius 3 is 0.671 bits per heavy atom. The Kier molecular flexibility index (Phi) is 25.3. The molecule has 20 heteroatoms. The molecule has 4 saturated heterocycles. The van der Waals surface area contributed by atoms with Crippen LogP contribution >= 0.6 is 0 Å². The molecule has 4 heterocycles. The van der Waals surface area contributed by atoms with Gasteiger partial charge in [0.1, 0.15) is 31.8 Å². The Hall–Kier alpha value is -2.60. The predicted molar refractivity (Wildman–Crippen MR) is 325 cm³/mol. The maximum Gasteiger partial charge on any atom is 0.337 e. The first-order chi connectivity index (χ1) is 39.2. The van der Waals surface area contributed by atoms with Gasteiger partial charge < -0.3 is 39.4 Å². The number of carbonyl (C=O) groups is 4. The van der Waals surface area contributed by atoms with Gasteiger partial charge in [-0.1, -0.05) is 83.1 Å². The van der Waals surface area contributed by atoms with Gasteiger partial charge in [0.15, 0.2) is 24.4 Å². The van der Waals surface area contributed by atoms with E-state index >= 15 is 0 Å². The zero-order valence-corrected chi connectivity index (χ0v) is 57.2. The van der Waals surface area contributed by atoms with E-state index in [0.29, 0.717) is 77.0 Å². The highest BCUT2D eigenvalue weighted by molar-refractivity contribution is 5.76. The van der Waals surface area contributed by atoms with Crippen LogP contribution < -0.4 is 0 Å². The van der Waals surface area contributed by atoms with Crippen LogP contribution in [0, 0.1) is 29.1 Å². The second-order valence-electron chi connectivity index (χ2n) is 28.6. The van der Waals surface area contributed by atoms with Crippen LogP contribution in [-0.4, -0.2) is 184 Å². The standard InChI is InChI=1S/C65H120N4O16/c1-25-57(17)33-49(70)41(9)61(21,29-5)66(57)82-45(13)53(74)78-37-65(38-79-54(75)46(14)83-67-58(18,26-2)34-50(71)42(10)62(67,22)30-6,39-80-55(76)47(15)84-68-59(19,27-3)35-51(72)43(11)63(68,23)31-7)40-81-56(77)48(16)85-69-60(20,28-4)36-52(73)44(12)64(69,24)32-8/h41-52,70-73H,25-40H2,1-24H3. The first-order valence-electron chi connectivity index (χ1n) is 32.5. The molecule has 20 unspecified atom stereocenters. The molecule has 496 valence electrons. The molecule has 0 amide bonds. The molecule has 0 spiro atoms. The number of aliphatic hydroxyl groups excluding tert-OH is 4. The molecule has 85 heavy (non-hydrogen) atoms. The first-order valence-corrected chi connectivity index (χ1v) is 32.5. The van der Waals surface area contributed by atoms with Crippen LogP contribution in [0.1, 0.15) is 243 Å². The van der Waals surface area contributed by atoms with Crippen LogP contribution in [0.2, 0.25) is 0 Å². The minimum atomic E-state index is -1.80. The number of hydrogen-bond acceptors (Lipinski definition) is 20. The summed E-state index contributed by atoms with van der Waals surface area (Å²) in [4.78, 5) is 85.0. The molecule has 4 aliphatic rings. The average molecular weight is 1210 g/mol. The van der Waals surface area contributed by atoms with Crippen molar-refractivity contribution < 1.29 is 77.9 Å². The van der Waals surface area contributed by atoms with Gasteiger partial charge in [-0.3, -0.25) is 19.4 Å². The lowest BCUT2D eigenvalue weighted by molar-refractivity contribution is -0.332. The van der Waals surface area contributed by atoms with E-state index in [0.717, 1.165) is 0 Å². The van der Waals surface area contributed by atoms with Gasteiger partial charge in [0.2, 0.25) is 0 Å². The number of piperidine rings is 4. The number of rotatable bonds is 28. The van der Waals surface area contributed by atoms with Gasteiger partial charge >= 0.3 is 23.9 Å². The zero-order valence-electron chi connectivity index (χ0n) is 57.2. The van der Waals surface area contributed by atoms with Crippen molar-refractivity contribution >= 4 is 23.9 Å².